The molecule has 7 nitrogen and oxygen atoms in total. The number of piperidine rings is 1. The number of carbonyl (C=O) groups is 1. The van der Waals surface area contributed by atoms with Gasteiger partial charge in [0.1, 0.15) is 11.4 Å². The van der Waals surface area contributed by atoms with Crippen LogP contribution < -0.4 is 20.7 Å². The zero-order chi connectivity index (χ0) is 19.2. The second kappa shape index (κ2) is 8.63. The molecule has 27 heavy (non-hydrogen) atoms. The first-order valence-corrected chi connectivity index (χ1v) is 8.59. The number of aromatic nitrogens is 2. The van der Waals surface area contributed by atoms with Crippen molar-refractivity contribution in [1.82, 2.24) is 20.8 Å². The van der Waals surface area contributed by atoms with Gasteiger partial charge in [-0.25, -0.2) is 0 Å². The van der Waals surface area contributed by atoms with Crippen LogP contribution in [-0.4, -0.2) is 41.8 Å². The van der Waals surface area contributed by atoms with E-state index in [2.05, 4.69) is 37.5 Å². The number of amides is 1. The lowest BCUT2D eigenvalue weighted by Crippen LogP contribution is -2.39. The van der Waals surface area contributed by atoms with E-state index in [0.717, 1.165) is 25.9 Å². The number of carbonyl (C=O) groups excluding carboxylic acids is 1. The second-order valence-corrected chi connectivity index (χ2v) is 6.13. The van der Waals surface area contributed by atoms with Crippen molar-refractivity contribution in [2.45, 2.75) is 25.5 Å². The van der Waals surface area contributed by atoms with E-state index >= 15 is 0 Å². The molecule has 0 aliphatic carbocycles. The molecule has 1 amide bonds. The summed E-state index contributed by atoms with van der Waals surface area (Å²) in [7, 11) is 0. The van der Waals surface area contributed by atoms with Crippen LogP contribution in [0.5, 0.6) is 5.75 Å². The molecule has 1 saturated heterocycles. The van der Waals surface area contributed by atoms with E-state index in [-0.39, 0.29) is 17.4 Å². The number of hydrogen-bond donors (Lipinski definition) is 4. The third kappa shape index (κ3) is 4.82. The van der Waals surface area contributed by atoms with E-state index in [1.165, 1.54) is 24.4 Å². The lowest BCUT2D eigenvalue weighted by molar-refractivity contribution is -0.0501. The van der Waals surface area contributed by atoms with Crippen LogP contribution in [0.3, 0.4) is 0 Å². The van der Waals surface area contributed by atoms with Crippen LogP contribution in [0, 0.1) is 0 Å². The minimum Gasteiger partial charge on any atom is -0.434 e. The van der Waals surface area contributed by atoms with E-state index in [4.69, 9.17) is 0 Å². The van der Waals surface area contributed by atoms with Gasteiger partial charge in [-0.15, -0.1) is 0 Å². The van der Waals surface area contributed by atoms with E-state index in [0.29, 0.717) is 17.1 Å². The summed E-state index contributed by atoms with van der Waals surface area (Å²) in [5.41, 5.74) is 1.54. The average molecular weight is 377 g/mol. The van der Waals surface area contributed by atoms with Crippen LogP contribution in [0.15, 0.2) is 37.0 Å². The summed E-state index contributed by atoms with van der Waals surface area (Å²) in [6, 6.07) is 6.10. The van der Waals surface area contributed by atoms with Gasteiger partial charge in [-0.05, 0) is 38.1 Å². The fourth-order valence-electron chi connectivity index (χ4n) is 2.94. The first-order valence-electron chi connectivity index (χ1n) is 8.59. The molecule has 3 rings (SSSR count). The summed E-state index contributed by atoms with van der Waals surface area (Å²) in [6.07, 6.45) is 3.37. The molecule has 1 fully saturated rings. The number of benzene rings is 1. The van der Waals surface area contributed by atoms with Crippen LogP contribution in [0.4, 0.5) is 14.5 Å². The lowest BCUT2D eigenvalue weighted by Gasteiger charge is -2.25. The van der Waals surface area contributed by atoms with Gasteiger partial charge < -0.3 is 20.7 Å². The number of H-pyrrole nitrogens is 1. The van der Waals surface area contributed by atoms with Crippen molar-refractivity contribution >= 4 is 17.3 Å². The predicted molar refractivity (Wildman–Crippen MR) is 97.7 cm³/mol. The monoisotopic (exact) mass is 377 g/mol. The Bertz CT molecular complexity index is 803. The zero-order valence-electron chi connectivity index (χ0n) is 14.6. The molecule has 1 aromatic carbocycles. The predicted octanol–water partition coefficient (Wildman–Crippen LogP) is 2.58. The fraction of sp³-hybridized carbons (Fsp3) is 0.333. The van der Waals surface area contributed by atoms with Crippen molar-refractivity contribution < 1.29 is 18.3 Å². The highest BCUT2D eigenvalue weighted by Gasteiger charge is 2.19. The molecule has 0 spiro atoms. The Morgan fingerprint density at radius 3 is 2.78 bits per heavy atom. The maximum Gasteiger partial charge on any atom is 0.387 e. The zero-order valence-corrected chi connectivity index (χ0v) is 14.6. The smallest absolute Gasteiger partial charge is 0.387 e. The minimum atomic E-state index is -3.02. The Kier molecular flexibility index (Phi) is 6.02. The van der Waals surface area contributed by atoms with Crippen molar-refractivity contribution in [3.8, 4) is 5.75 Å². The number of halogens is 2. The number of hydrogen-bond acceptors (Lipinski definition) is 5. The Balaban J connectivity index is 1.71. The Hall–Kier alpha value is -2.94. The summed E-state index contributed by atoms with van der Waals surface area (Å²) in [6.45, 7) is 2.85. The second-order valence-electron chi connectivity index (χ2n) is 6.13. The Morgan fingerprint density at radius 1 is 1.30 bits per heavy atom. The van der Waals surface area contributed by atoms with E-state index < -0.39 is 12.5 Å². The number of anilines is 1. The standard InChI is InChI=1S/C18H21F2N5O2/c1-11(23-12-6-8-21-9-7-12)16-14(10-22-25-16)24-17(26)13-4-2-3-5-15(13)27-18(19)20/h2-5,10,12,18,21,23H,1,6-9H2,(H,22,25)(H,24,26). The molecule has 1 aliphatic heterocycles. The molecule has 0 unspecified atom stereocenters. The first kappa shape index (κ1) is 18.8. The molecule has 1 aromatic heterocycles. The van der Waals surface area contributed by atoms with Crippen LogP contribution in [0.1, 0.15) is 28.9 Å². The summed E-state index contributed by atoms with van der Waals surface area (Å²) in [5, 5.41) is 16.0. The molecule has 4 N–H and O–H groups in total. The van der Waals surface area contributed by atoms with Crippen LogP contribution in [0.2, 0.25) is 0 Å². The van der Waals surface area contributed by atoms with Gasteiger partial charge in [0, 0.05) is 6.04 Å². The Labute approximate surface area is 155 Å². The number of rotatable bonds is 7. The van der Waals surface area contributed by atoms with E-state index in [1.807, 2.05) is 0 Å². The van der Waals surface area contributed by atoms with Crippen molar-refractivity contribution in [1.29, 1.82) is 0 Å². The third-order valence-electron chi connectivity index (χ3n) is 4.25. The normalized spacial score (nSPS) is 14.8. The van der Waals surface area contributed by atoms with Crippen LogP contribution in [0.25, 0.3) is 5.70 Å². The highest BCUT2D eigenvalue weighted by Crippen LogP contribution is 2.24. The van der Waals surface area contributed by atoms with Gasteiger partial charge in [0.15, 0.2) is 0 Å². The maximum atomic E-state index is 12.5. The molecule has 0 atom stereocenters. The minimum absolute atomic E-state index is 0.00174. The molecule has 0 radical (unpaired) electrons. The summed E-state index contributed by atoms with van der Waals surface area (Å²) in [5.74, 6) is -0.773. The van der Waals surface area contributed by atoms with Crippen molar-refractivity contribution in [2.24, 2.45) is 0 Å². The molecule has 1 aliphatic rings. The molecule has 2 heterocycles. The molecule has 2 aromatic rings. The van der Waals surface area contributed by atoms with Gasteiger partial charge >= 0.3 is 6.61 Å². The number of nitrogens with one attached hydrogen (secondary N) is 4. The van der Waals surface area contributed by atoms with Crippen molar-refractivity contribution in [2.75, 3.05) is 18.4 Å². The molecule has 0 bridgehead atoms. The Morgan fingerprint density at radius 2 is 2.04 bits per heavy atom. The molecular weight excluding hydrogens is 356 g/mol. The molecule has 9 heteroatoms. The lowest BCUT2D eigenvalue weighted by atomic mass is 10.1. The largest absolute Gasteiger partial charge is 0.434 e. The quantitative estimate of drug-likeness (QED) is 0.595. The van der Waals surface area contributed by atoms with Crippen LogP contribution in [-0.2, 0) is 0 Å². The third-order valence-corrected chi connectivity index (χ3v) is 4.25. The summed E-state index contributed by atoms with van der Waals surface area (Å²) < 4.78 is 29.5. The van der Waals surface area contributed by atoms with Gasteiger partial charge in [0.25, 0.3) is 5.91 Å². The van der Waals surface area contributed by atoms with E-state index in [1.54, 1.807) is 6.07 Å². The summed E-state index contributed by atoms with van der Waals surface area (Å²) in [4.78, 5) is 12.5. The number of nitrogens with zero attached hydrogens (tertiary/aromatic N) is 1. The number of aromatic amines is 1. The fourth-order valence-corrected chi connectivity index (χ4v) is 2.94. The highest BCUT2D eigenvalue weighted by molar-refractivity contribution is 6.07. The highest BCUT2D eigenvalue weighted by atomic mass is 19.3. The molecule has 144 valence electrons. The van der Waals surface area contributed by atoms with Crippen molar-refractivity contribution in [3.63, 3.8) is 0 Å². The first-order chi connectivity index (χ1) is 13.0. The number of alkyl halides is 2. The number of para-hydroxylation sites is 1. The molecule has 0 saturated carbocycles. The number of ether oxygens (including phenoxy) is 1. The van der Waals surface area contributed by atoms with Crippen LogP contribution >= 0.6 is 0 Å². The van der Waals surface area contributed by atoms with Gasteiger partial charge in [-0.2, -0.15) is 13.9 Å². The SMILES string of the molecule is C=C(NC1CCNCC1)c1[nH]ncc1NC(=O)c1ccccc1OC(F)F. The van der Waals surface area contributed by atoms with Gasteiger partial charge in [-0.1, -0.05) is 18.7 Å². The summed E-state index contributed by atoms with van der Waals surface area (Å²) >= 11 is 0. The van der Waals surface area contributed by atoms with Gasteiger partial charge in [-0.3, -0.25) is 9.89 Å². The van der Waals surface area contributed by atoms with Gasteiger partial charge in [0.05, 0.1) is 23.1 Å². The molecular formula is C18H21F2N5O2. The topological polar surface area (TPSA) is 91.1 Å². The van der Waals surface area contributed by atoms with E-state index in [9.17, 15) is 13.6 Å². The van der Waals surface area contributed by atoms with Gasteiger partial charge in [0.2, 0.25) is 0 Å². The average Bonchev–Trinajstić information content (AvgIpc) is 3.10. The van der Waals surface area contributed by atoms with Crippen molar-refractivity contribution in [3.05, 3.63) is 48.3 Å². The maximum absolute atomic E-state index is 12.5.